The monoisotopic (exact) mass is 301 g/mol. The fraction of sp³-hybridized carbons (Fsp3) is 0.462. The van der Waals surface area contributed by atoms with Gasteiger partial charge in [-0.3, -0.25) is 4.79 Å². The SMILES string of the molecule is CC(C)(N)CCC(=O)Cc1cc(F)ccc1Br. The summed E-state index contributed by atoms with van der Waals surface area (Å²) in [5.41, 5.74) is 6.16. The third-order valence-corrected chi connectivity index (χ3v) is 3.22. The van der Waals surface area contributed by atoms with E-state index in [0.717, 1.165) is 4.47 Å². The van der Waals surface area contributed by atoms with Crippen LogP contribution in [0.15, 0.2) is 22.7 Å². The van der Waals surface area contributed by atoms with Crippen molar-refractivity contribution in [1.29, 1.82) is 0 Å². The van der Waals surface area contributed by atoms with Crippen molar-refractivity contribution in [3.8, 4) is 0 Å². The van der Waals surface area contributed by atoms with Gasteiger partial charge in [0.25, 0.3) is 0 Å². The third-order valence-electron chi connectivity index (χ3n) is 2.44. The highest BCUT2D eigenvalue weighted by Gasteiger charge is 2.14. The zero-order chi connectivity index (χ0) is 13.1. The molecule has 0 aliphatic rings. The van der Waals surface area contributed by atoms with E-state index in [-0.39, 0.29) is 23.6 Å². The second-order valence-electron chi connectivity index (χ2n) is 4.94. The molecule has 0 saturated heterocycles. The summed E-state index contributed by atoms with van der Waals surface area (Å²) in [6.07, 6.45) is 1.31. The number of benzene rings is 1. The number of ketones is 1. The standard InChI is InChI=1S/C13H17BrFNO/c1-13(2,16)6-5-11(17)8-9-7-10(15)3-4-12(9)14/h3-4,7H,5-6,8,16H2,1-2H3. The van der Waals surface area contributed by atoms with Crippen LogP contribution >= 0.6 is 15.9 Å². The van der Waals surface area contributed by atoms with Crippen molar-refractivity contribution in [2.75, 3.05) is 0 Å². The zero-order valence-electron chi connectivity index (χ0n) is 10.1. The number of carbonyl (C=O) groups is 1. The fourth-order valence-corrected chi connectivity index (χ4v) is 1.83. The van der Waals surface area contributed by atoms with Gasteiger partial charge in [0.05, 0.1) is 0 Å². The number of hydrogen-bond acceptors (Lipinski definition) is 2. The molecule has 1 rings (SSSR count). The average molecular weight is 302 g/mol. The normalized spacial score (nSPS) is 11.6. The second-order valence-corrected chi connectivity index (χ2v) is 5.79. The topological polar surface area (TPSA) is 43.1 Å². The Bertz CT molecular complexity index is 412. The predicted molar refractivity (Wildman–Crippen MR) is 70.3 cm³/mol. The van der Waals surface area contributed by atoms with E-state index < -0.39 is 0 Å². The number of Topliss-reactive ketones (excluding diaryl/α,β-unsaturated/α-hetero) is 1. The molecule has 0 aliphatic carbocycles. The molecule has 1 aromatic carbocycles. The van der Waals surface area contributed by atoms with Crippen LogP contribution in [0.1, 0.15) is 32.3 Å². The lowest BCUT2D eigenvalue weighted by Crippen LogP contribution is -2.32. The van der Waals surface area contributed by atoms with E-state index in [1.165, 1.54) is 12.1 Å². The number of hydrogen-bond donors (Lipinski definition) is 1. The minimum atomic E-state index is -0.338. The van der Waals surface area contributed by atoms with Gasteiger partial charge in [-0.1, -0.05) is 15.9 Å². The smallest absolute Gasteiger partial charge is 0.137 e. The molecule has 0 fully saturated rings. The molecule has 1 aromatic rings. The molecule has 0 atom stereocenters. The van der Waals surface area contributed by atoms with Crippen molar-refractivity contribution in [2.45, 2.75) is 38.6 Å². The molecule has 17 heavy (non-hydrogen) atoms. The Morgan fingerprint density at radius 1 is 1.47 bits per heavy atom. The van der Waals surface area contributed by atoms with E-state index in [9.17, 15) is 9.18 Å². The fourth-order valence-electron chi connectivity index (χ4n) is 1.44. The molecule has 0 unspecified atom stereocenters. The molecule has 0 saturated carbocycles. The largest absolute Gasteiger partial charge is 0.326 e. The highest BCUT2D eigenvalue weighted by molar-refractivity contribution is 9.10. The van der Waals surface area contributed by atoms with Crippen molar-refractivity contribution in [3.05, 3.63) is 34.1 Å². The van der Waals surface area contributed by atoms with Gasteiger partial charge in [0.2, 0.25) is 0 Å². The maximum Gasteiger partial charge on any atom is 0.137 e. The van der Waals surface area contributed by atoms with Crippen LogP contribution in [-0.2, 0) is 11.2 Å². The van der Waals surface area contributed by atoms with Crippen LogP contribution < -0.4 is 5.73 Å². The maximum absolute atomic E-state index is 13.0. The highest BCUT2D eigenvalue weighted by Crippen LogP contribution is 2.19. The van der Waals surface area contributed by atoms with Crippen molar-refractivity contribution < 1.29 is 9.18 Å². The van der Waals surface area contributed by atoms with Gasteiger partial charge in [-0.05, 0) is 44.0 Å². The van der Waals surface area contributed by atoms with Crippen LogP contribution in [0.3, 0.4) is 0 Å². The van der Waals surface area contributed by atoms with Crippen LogP contribution in [0.25, 0.3) is 0 Å². The summed E-state index contributed by atoms with van der Waals surface area (Å²) in [7, 11) is 0. The van der Waals surface area contributed by atoms with Gasteiger partial charge < -0.3 is 5.73 Å². The number of halogens is 2. The van der Waals surface area contributed by atoms with Gasteiger partial charge in [-0.25, -0.2) is 4.39 Å². The minimum Gasteiger partial charge on any atom is -0.326 e. The summed E-state index contributed by atoms with van der Waals surface area (Å²) < 4.78 is 13.8. The highest BCUT2D eigenvalue weighted by atomic mass is 79.9. The van der Waals surface area contributed by atoms with Crippen LogP contribution in [0.2, 0.25) is 0 Å². The van der Waals surface area contributed by atoms with Crippen LogP contribution in [0.5, 0.6) is 0 Å². The molecule has 2 nitrogen and oxygen atoms in total. The molecule has 0 bridgehead atoms. The molecule has 0 amide bonds. The molecule has 0 radical (unpaired) electrons. The van der Waals surface area contributed by atoms with Gasteiger partial charge >= 0.3 is 0 Å². The lowest BCUT2D eigenvalue weighted by molar-refractivity contribution is -0.118. The van der Waals surface area contributed by atoms with E-state index in [0.29, 0.717) is 18.4 Å². The van der Waals surface area contributed by atoms with Crippen LogP contribution in [-0.4, -0.2) is 11.3 Å². The molecular formula is C13H17BrFNO. The molecule has 0 aromatic heterocycles. The van der Waals surface area contributed by atoms with Crippen molar-refractivity contribution >= 4 is 21.7 Å². The van der Waals surface area contributed by atoms with Crippen molar-refractivity contribution in [1.82, 2.24) is 0 Å². The van der Waals surface area contributed by atoms with Gasteiger partial charge in [0, 0.05) is 22.9 Å². The third kappa shape index (κ3) is 5.41. The Morgan fingerprint density at radius 3 is 2.71 bits per heavy atom. The van der Waals surface area contributed by atoms with Crippen molar-refractivity contribution in [2.24, 2.45) is 5.73 Å². The summed E-state index contributed by atoms with van der Waals surface area (Å²) in [6.45, 7) is 3.77. The lowest BCUT2D eigenvalue weighted by Gasteiger charge is -2.17. The molecule has 94 valence electrons. The van der Waals surface area contributed by atoms with Crippen LogP contribution in [0, 0.1) is 5.82 Å². The Labute approximate surface area is 110 Å². The molecule has 4 heteroatoms. The van der Waals surface area contributed by atoms with Gasteiger partial charge in [0.1, 0.15) is 11.6 Å². The van der Waals surface area contributed by atoms with Crippen molar-refractivity contribution in [3.63, 3.8) is 0 Å². The first-order valence-electron chi connectivity index (χ1n) is 5.52. The molecule has 0 spiro atoms. The molecule has 0 heterocycles. The zero-order valence-corrected chi connectivity index (χ0v) is 11.7. The van der Waals surface area contributed by atoms with E-state index in [1.54, 1.807) is 6.07 Å². The quantitative estimate of drug-likeness (QED) is 0.907. The number of carbonyl (C=O) groups excluding carboxylic acids is 1. The first kappa shape index (κ1) is 14.3. The van der Waals surface area contributed by atoms with Gasteiger partial charge in [-0.2, -0.15) is 0 Å². The Hall–Kier alpha value is -0.740. The Kier molecular flexibility index (Phi) is 4.83. The average Bonchev–Trinajstić information content (AvgIpc) is 2.20. The first-order chi connectivity index (χ1) is 7.78. The molecule has 2 N–H and O–H groups in total. The first-order valence-corrected chi connectivity index (χ1v) is 6.32. The predicted octanol–water partition coefficient (Wildman–Crippen LogP) is 3.22. The minimum absolute atomic E-state index is 0.0785. The van der Waals surface area contributed by atoms with E-state index in [1.807, 2.05) is 13.8 Å². The Morgan fingerprint density at radius 2 is 2.12 bits per heavy atom. The number of rotatable bonds is 5. The van der Waals surface area contributed by atoms with Gasteiger partial charge in [0.15, 0.2) is 0 Å². The lowest BCUT2D eigenvalue weighted by atomic mass is 9.96. The van der Waals surface area contributed by atoms with E-state index >= 15 is 0 Å². The summed E-state index contributed by atoms with van der Waals surface area (Å²) in [5.74, 6) is -0.245. The maximum atomic E-state index is 13.0. The summed E-state index contributed by atoms with van der Waals surface area (Å²) in [4.78, 5) is 11.7. The second kappa shape index (κ2) is 5.74. The number of nitrogens with two attached hydrogens (primary N) is 1. The van der Waals surface area contributed by atoms with Crippen LogP contribution in [0.4, 0.5) is 4.39 Å². The molecule has 0 aliphatic heterocycles. The van der Waals surface area contributed by atoms with Gasteiger partial charge in [-0.15, -0.1) is 0 Å². The van der Waals surface area contributed by atoms with E-state index in [4.69, 9.17) is 5.73 Å². The summed E-state index contributed by atoms with van der Waals surface area (Å²) in [5, 5.41) is 0. The summed E-state index contributed by atoms with van der Waals surface area (Å²) >= 11 is 3.31. The summed E-state index contributed by atoms with van der Waals surface area (Å²) in [6, 6.07) is 4.36. The Balaban J connectivity index is 2.59. The molecular weight excluding hydrogens is 285 g/mol. The van der Waals surface area contributed by atoms with E-state index in [2.05, 4.69) is 15.9 Å².